The van der Waals surface area contributed by atoms with Gasteiger partial charge in [-0.2, -0.15) is 0 Å². The highest BCUT2D eigenvalue weighted by molar-refractivity contribution is 6.52. The molecule has 0 atom stereocenters. The molecule has 1 aliphatic rings. The Kier molecular flexibility index (Phi) is 2.63. The number of hydrogen-bond donors (Lipinski definition) is 0. The summed E-state index contributed by atoms with van der Waals surface area (Å²) in [6, 6.07) is 2.77. The van der Waals surface area contributed by atoms with E-state index in [1.54, 1.807) is 13.8 Å². The molecule has 2 aromatic rings. The molecule has 7 heteroatoms. The van der Waals surface area contributed by atoms with Gasteiger partial charge in [-0.05, 0) is 24.6 Å². The van der Waals surface area contributed by atoms with E-state index in [1.165, 1.54) is 12.1 Å². The first kappa shape index (κ1) is 12.5. The fourth-order valence-electron chi connectivity index (χ4n) is 2.21. The van der Waals surface area contributed by atoms with Crippen LogP contribution in [0.2, 0.25) is 0 Å². The van der Waals surface area contributed by atoms with Crippen molar-refractivity contribution >= 4 is 17.4 Å². The molecule has 0 N–H and O–H groups in total. The summed E-state index contributed by atoms with van der Waals surface area (Å²) in [5.41, 5.74) is 0.628. The van der Waals surface area contributed by atoms with Crippen LogP contribution in [0.15, 0.2) is 16.5 Å². The number of hydrogen-bond acceptors (Lipinski definition) is 5. The number of Topliss-reactive ketones (excluding diaryl/α,β-unsaturated/α-hetero) is 1. The Labute approximate surface area is 113 Å². The zero-order valence-corrected chi connectivity index (χ0v) is 10.8. The molecule has 2 heterocycles. The van der Waals surface area contributed by atoms with Crippen molar-refractivity contribution in [1.82, 2.24) is 10.2 Å². The van der Waals surface area contributed by atoms with Crippen LogP contribution < -0.4 is 4.90 Å². The average molecular weight is 275 g/mol. The number of amides is 1. The summed E-state index contributed by atoms with van der Waals surface area (Å²) in [6.07, 6.45) is 0. The van der Waals surface area contributed by atoms with Gasteiger partial charge in [0.2, 0.25) is 11.8 Å². The lowest BCUT2D eigenvalue weighted by molar-refractivity contribution is -0.114. The summed E-state index contributed by atoms with van der Waals surface area (Å²) in [7, 11) is 0. The van der Waals surface area contributed by atoms with Crippen LogP contribution >= 0.6 is 0 Å². The van der Waals surface area contributed by atoms with Crippen molar-refractivity contribution in [2.75, 3.05) is 4.90 Å². The van der Waals surface area contributed by atoms with Gasteiger partial charge in [-0.25, -0.2) is 4.39 Å². The van der Waals surface area contributed by atoms with Crippen molar-refractivity contribution in [2.45, 2.75) is 20.4 Å². The molecule has 0 saturated carbocycles. The highest BCUT2D eigenvalue weighted by Gasteiger charge is 2.39. The third kappa shape index (κ3) is 1.78. The number of benzene rings is 1. The number of anilines is 1. The third-order valence-corrected chi connectivity index (χ3v) is 3.02. The third-order valence-electron chi connectivity index (χ3n) is 3.02. The van der Waals surface area contributed by atoms with E-state index in [0.29, 0.717) is 11.5 Å². The number of rotatable bonds is 2. The lowest BCUT2D eigenvalue weighted by atomic mass is 10.1. The van der Waals surface area contributed by atoms with Gasteiger partial charge in [-0.1, -0.05) is 0 Å². The predicted molar refractivity (Wildman–Crippen MR) is 65.7 cm³/mol. The molecule has 0 radical (unpaired) electrons. The molecular formula is C13H10FN3O3. The quantitative estimate of drug-likeness (QED) is 0.777. The van der Waals surface area contributed by atoms with Crippen molar-refractivity contribution in [2.24, 2.45) is 0 Å². The van der Waals surface area contributed by atoms with E-state index >= 15 is 0 Å². The number of carbonyl (C=O) groups excluding carboxylic acids is 2. The first-order valence-corrected chi connectivity index (χ1v) is 5.92. The summed E-state index contributed by atoms with van der Waals surface area (Å²) < 4.78 is 19.2. The monoisotopic (exact) mass is 275 g/mol. The first-order valence-electron chi connectivity index (χ1n) is 5.92. The largest absolute Gasteiger partial charge is 0.424 e. The number of nitrogens with zero attached hydrogens (tertiary/aromatic N) is 3. The van der Waals surface area contributed by atoms with Crippen LogP contribution in [0.4, 0.5) is 10.1 Å². The maximum atomic E-state index is 14.0. The van der Waals surface area contributed by atoms with E-state index in [0.717, 1.165) is 4.90 Å². The summed E-state index contributed by atoms with van der Waals surface area (Å²) in [5.74, 6) is -1.64. The molecule has 0 spiro atoms. The number of aryl methyl sites for hydroxylation is 2. The number of carbonyl (C=O) groups is 2. The molecule has 0 saturated heterocycles. The van der Waals surface area contributed by atoms with Crippen LogP contribution in [0.5, 0.6) is 0 Å². The van der Waals surface area contributed by atoms with E-state index in [2.05, 4.69) is 10.2 Å². The van der Waals surface area contributed by atoms with Crippen LogP contribution in [-0.4, -0.2) is 21.9 Å². The van der Waals surface area contributed by atoms with Gasteiger partial charge in [0.1, 0.15) is 12.4 Å². The molecule has 1 amide bonds. The minimum atomic E-state index is -0.791. The van der Waals surface area contributed by atoms with Gasteiger partial charge in [-0.3, -0.25) is 14.5 Å². The molecule has 0 bridgehead atoms. The average Bonchev–Trinajstić information content (AvgIpc) is 2.88. The van der Waals surface area contributed by atoms with E-state index in [4.69, 9.17) is 4.42 Å². The van der Waals surface area contributed by atoms with E-state index in [9.17, 15) is 14.0 Å². The highest BCUT2D eigenvalue weighted by atomic mass is 19.1. The Hall–Kier alpha value is -2.57. The fraction of sp³-hybridized carbons (Fsp3) is 0.231. The zero-order valence-electron chi connectivity index (χ0n) is 10.8. The molecule has 1 aromatic carbocycles. The maximum Gasteiger partial charge on any atom is 0.300 e. The normalized spacial score (nSPS) is 14.1. The molecule has 1 aromatic heterocycles. The van der Waals surface area contributed by atoms with Gasteiger partial charge < -0.3 is 4.42 Å². The van der Waals surface area contributed by atoms with Crippen LogP contribution in [-0.2, 0) is 11.3 Å². The maximum absolute atomic E-state index is 14.0. The fourth-order valence-corrected chi connectivity index (χ4v) is 2.21. The van der Waals surface area contributed by atoms with Crippen LogP contribution in [0.25, 0.3) is 0 Å². The van der Waals surface area contributed by atoms with E-state index < -0.39 is 17.5 Å². The number of aromatic nitrogens is 2. The molecular weight excluding hydrogens is 265 g/mol. The smallest absolute Gasteiger partial charge is 0.300 e. The van der Waals surface area contributed by atoms with Gasteiger partial charge in [0.25, 0.3) is 11.7 Å². The highest BCUT2D eigenvalue weighted by Crippen LogP contribution is 2.33. The standard InChI is InChI=1S/C13H10FN3O3/c1-6-3-8-11(9(14)4-6)17(13(19)12(8)18)5-10-16-15-7(2)20-10/h3-4H,5H2,1-2H3. The Morgan fingerprint density at radius 3 is 2.65 bits per heavy atom. The summed E-state index contributed by atoms with van der Waals surface area (Å²) in [4.78, 5) is 24.9. The molecule has 1 aliphatic heterocycles. The minimum absolute atomic E-state index is 0.0264. The van der Waals surface area contributed by atoms with Gasteiger partial charge in [0.15, 0.2) is 0 Å². The molecule has 6 nitrogen and oxygen atoms in total. The molecule has 102 valence electrons. The second-order valence-corrected chi connectivity index (χ2v) is 4.58. The molecule has 0 fully saturated rings. The number of halogens is 1. The van der Waals surface area contributed by atoms with Crippen molar-refractivity contribution in [3.8, 4) is 0 Å². The summed E-state index contributed by atoms with van der Waals surface area (Å²) in [5, 5.41) is 7.38. The van der Waals surface area contributed by atoms with Crippen molar-refractivity contribution < 1.29 is 18.4 Å². The van der Waals surface area contributed by atoms with Crippen LogP contribution in [0.3, 0.4) is 0 Å². The molecule has 3 rings (SSSR count). The Morgan fingerprint density at radius 1 is 1.25 bits per heavy atom. The molecule has 20 heavy (non-hydrogen) atoms. The topological polar surface area (TPSA) is 76.3 Å². The number of fused-ring (bicyclic) bond motifs is 1. The van der Waals surface area contributed by atoms with Crippen molar-refractivity contribution in [3.05, 3.63) is 40.9 Å². The SMILES string of the molecule is Cc1cc(F)c2c(c1)C(=O)C(=O)N2Cc1nnc(C)o1. The van der Waals surface area contributed by atoms with Gasteiger partial charge in [0.05, 0.1) is 11.3 Å². The van der Waals surface area contributed by atoms with Crippen LogP contribution in [0.1, 0.15) is 27.7 Å². The Morgan fingerprint density at radius 2 is 2.00 bits per heavy atom. The second kappa shape index (κ2) is 4.22. The summed E-state index contributed by atoms with van der Waals surface area (Å²) in [6.45, 7) is 3.13. The van der Waals surface area contributed by atoms with Crippen molar-refractivity contribution in [3.63, 3.8) is 0 Å². The van der Waals surface area contributed by atoms with E-state index in [-0.39, 0.29) is 23.7 Å². The summed E-state index contributed by atoms with van der Waals surface area (Å²) >= 11 is 0. The minimum Gasteiger partial charge on any atom is -0.424 e. The lowest BCUT2D eigenvalue weighted by Crippen LogP contribution is -2.29. The lowest BCUT2D eigenvalue weighted by Gasteiger charge is -2.14. The second-order valence-electron chi connectivity index (χ2n) is 4.58. The first-order chi connectivity index (χ1) is 9.47. The zero-order chi connectivity index (χ0) is 14.4. The van der Waals surface area contributed by atoms with Gasteiger partial charge in [0, 0.05) is 6.92 Å². The molecule has 0 unspecified atom stereocenters. The van der Waals surface area contributed by atoms with Gasteiger partial charge >= 0.3 is 0 Å². The molecule has 0 aliphatic carbocycles. The Bertz CT molecular complexity index is 738. The Balaban J connectivity index is 2.06. The predicted octanol–water partition coefficient (Wildman–Crippen LogP) is 1.56. The van der Waals surface area contributed by atoms with Gasteiger partial charge in [-0.15, -0.1) is 10.2 Å². The van der Waals surface area contributed by atoms with E-state index in [1.807, 2.05) is 0 Å². The van der Waals surface area contributed by atoms with Crippen molar-refractivity contribution in [1.29, 1.82) is 0 Å². The van der Waals surface area contributed by atoms with Crippen LogP contribution in [0, 0.1) is 19.7 Å². The number of ketones is 1.